The molecule has 6 aromatic carbocycles. The second-order valence-electron chi connectivity index (χ2n) is 26.0. The number of aromatic carboxylic acids is 1. The molecular weight excluding hydrogens is 1420 g/mol. The molecular formula is C78H77ClN18O8S2. The Morgan fingerprint density at radius 2 is 0.748 bits per heavy atom. The number of nitrogens with two attached hydrogens (primary N) is 5. The molecule has 0 spiro atoms. The fourth-order valence-corrected chi connectivity index (χ4v) is 15.2. The number of carbonyl (C=O) groups is 5. The average molecular weight is 1490 g/mol. The summed E-state index contributed by atoms with van der Waals surface area (Å²) in [6.07, 6.45) is 3.52. The van der Waals surface area contributed by atoms with E-state index in [0.717, 1.165) is 100 Å². The summed E-state index contributed by atoms with van der Waals surface area (Å²) >= 11 is 7.15. The zero-order chi connectivity index (χ0) is 74.9. The van der Waals surface area contributed by atoms with Gasteiger partial charge in [-0.05, 0) is 70.8 Å². The van der Waals surface area contributed by atoms with Gasteiger partial charge in [0.25, 0.3) is 0 Å². The number of pyridine rings is 1. The topological polar surface area (TPSA) is 410 Å². The van der Waals surface area contributed by atoms with E-state index in [-0.39, 0.29) is 70.8 Å². The Balaban J connectivity index is 0.000000126. The molecule has 107 heavy (non-hydrogen) atoms. The number of amides is 4. The number of halogens is 1. The molecule has 4 atom stereocenters. The van der Waals surface area contributed by atoms with Crippen molar-refractivity contribution in [2.75, 3.05) is 26.2 Å². The summed E-state index contributed by atoms with van der Waals surface area (Å²) in [5.41, 5.74) is 40.8. The number of rotatable bonds is 18. The van der Waals surface area contributed by atoms with Crippen molar-refractivity contribution in [1.82, 2.24) is 65.4 Å². The number of carboxylic acid groups (broad SMARTS) is 1. The van der Waals surface area contributed by atoms with E-state index < -0.39 is 21.9 Å². The molecule has 4 aliphatic rings. The first-order valence-corrected chi connectivity index (χ1v) is 37.2. The molecule has 4 amide bonds. The molecule has 0 aliphatic carbocycles. The highest BCUT2D eigenvalue weighted by atomic mass is 35.5. The maximum Gasteiger partial charge on any atom is 0.345 e. The van der Waals surface area contributed by atoms with Crippen molar-refractivity contribution in [1.29, 1.82) is 0 Å². The molecule has 26 nitrogen and oxygen atoms in total. The summed E-state index contributed by atoms with van der Waals surface area (Å²) in [6, 6.07) is 59.4. The number of carboxylic acids is 1. The largest absolute Gasteiger partial charge is 0.477 e. The Morgan fingerprint density at radius 3 is 1.06 bits per heavy atom. The third kappa shape index (κ3) is 16.1. The SMILES string of the molecule is NCC(C(=O)N1Cc2[nH]nc(-c3ccc(C(=O)O)s3)c2C1)c1ccccc1.NCC(C(=O)N1Cc2[nH]nc(-c3ccc(Cl)cc3)c2C1)c1ccccc1.NCC(C(=O)N1Cc2[nH]nc(-c3ccc(S(N)(=O)=O)cc3)c2C1)c1ccccc1.NCC(C(=O)N1Cc2[nH]nc(-c3cccnc3)c2C1)c1ccccc1. The minimum Gasteiger partial charge on any atom is -0.477 e. The number of thiophene rings is 1. The minimum absolute atomic E-state index is 0.0170. The normalized spacial score (nSPS) is 14.4. The van der Waals surface area contributed by atoms with Crippen molar-refractivity contribution < 1.29 is 37.5 Å². The number of H-pyrrole nitrogens is 4. The van der Waals surface area contributed by atoms with E-state index in [1.807, 2.05) is 168 Å². The van der Waals surface area contributed by atoms with Crippen LogP contribution in [0.1, 0.15) is 101 Å². The van der Waals surface area contributed by atoms with E-state index in [2.05, 4.69) is 45.8 Å². The third-order valence-electron chi connectivity index (χ3n) is 19.4. The van der Waals surface area contributed by atoms with Gasteiger partial charge in [-0.25, -0.2) is 18.4 Å². The van der Waals surface area contributed by atoms with E-state index in [1.54, 1.807) is 46.5 Å². The zero-order valence-electron chi connectivity index (χ0n) is 57.8. The molecule has 10 heterocycles. The fourth-order valence-electron chi connectivity index (χ4n) is 13.7. The molecule has 16 rings (SSSR count). The number of carbonyl (C=O) groups excluding carboxylic acids is 4. The van der Waals surface area contributed by atoms with Crippen molar-refractivity contribution in [3.8, 4) is 44.3 Å². The van der Waals surface area contributed by atoms with Gasteiger partial charge in [0.15, 0.2) is 0 Å². The van der Waals surface area contributed by atoms with Crippen LogP contribution in [0, 0.1) is 0 Å². The Hall–Kier alpha value is -11.6. The highest BCUT2D eigenvalue weighted by Gasteiger charge is 2.37. The second-order valence-corrected chi connectivity index (χ2v) is 29.1. The quantitative estimate of drug-likeness (QED) is 0.0382. The van der Waals surface area contributed by atoms with Crippen LogP contribution in [0.5, 0.6) is 0 Å². The van der Waals surface area contributed by atoms with Gasteiger partial charge in [-0.1, -0.05) is 157 Å². The van der Waals surface area contributed by atoms with Crippen molar-refractivity contribution in [2.45, 2.75) is 80.9 Å². The predicted molar refractivity (Wildman–Crippen MR) is 405 cm³/mol. The Kier molecular flexibility index (Phi) is 22.6. The van der Waals surface area contributed by atoms with Gasteiger partial charge in [0, 0.05) is 82.5 Å². The molecule has 4 unspecified atom stereocenters. The first-order chi connectivity index (χ1) is 51.9. The first-order valence-electron chi connectivity index (χ1n) is 34.4. The van der Waals surface area contributed by atoms with Gasteiger partial charge in [-0.3, -0.25) is 44.6 Å². The molecule has 0 saturated carbocycles. The van der Waals surface area contributed by atoms with Crippen LogP contribution >= 0.6 is 22.9 Å². The highest BCUT2D eigenvalue weighted by molar-refractivity contribution is 7.89. The van der Waals surface area contributed by atoms with Gasteiger partial charge in [0.1, 0.15) is 10.6 Å². The van der Waals surface area contributed by atoms with Gasteiger partial charge < -0.3 is 47.6 Å². The van der Waals surface area contributed by atoms with Crippen LogP contribution in [0.3, 0.4) is 0 Å². The van der Waals surface area contributed by atoms with Crippen LogP contribution in [0.2, 0.25) is 5.02 Å². The molecule has 15 N–H and O–H groups in total. The molecule has 4 aliphatic heterocycles. The Bertz CT molecular complexity index is 5240. The lowest BCUT2D eigenvalue weighted by Crippen LogP contribution is -2.34. The van der Waals surface area contributed by atoms with Crippen molar-refractivity contribution >= 4 is 62.6 Å². The lowest BCUT2D eigenvalue weighted by molar-refractivity contribution is -0.134. The maximum absolute atomic E-state index is 13.1. The average Bonchev–Trinajstić information content (AvgIpc) is 1.65. The van der Waals surface area contributed by atoms with Gasteiger partial charge in [-0.15, -0.1) is 11.3 Å². The smallest absolute Gasteiger partial charge is 0.345 e. The van der Waals surface area contributed by atoms with E-state index in [0.29, 0.717) is 75.3 Å². The number of sulfonamides is 1. The van der Waals surface area contributed by atoms with Crippen LogP contribution in [-0.2, 0) is 81.6 Å². The zero-order valence-corrected chi connectivity index (χ0v) is 60.2. The number of nitrogens with one attached hydrogen (secondary N) is 4. The Labute approximate surface area is 625 Å². The summed E-state index contributed by atoms with van der Waals surface area (Å²) in [5.74, 6) is -2.33. The van der Waals surface area contributed by atoms with Crippen LogP contribution < -0.4 is 28.1 Å². The Morgan fingerprint density at radius 1 is 0.421 bits per heavy atom. The molecule has 29 heteroatoms. The number of primary sulfonamides is 1. The standard InChI is InChI=1S/C20H19ClN4O.C20H21N5O3S.C19H19N5O.C19H18N4O3S/c21-15-8-6-14(7-9-15)19-17-11-25(12-18(17)23-24-19)20(26)16(10-22)13-4-2-1-3-5-13;21-10-16(13-4-2-1-3-5-13)20(26)25-11-17-18(12-25)23-24-19(17)14-6-8-15(9-7-14)29(22,27)28;20-9-15(13-5-2-1-3-6-13)19(25)24-11-16-17(12-24)22-23-18(16)14-7-4-8-21-10-14;20-8-12(11-4-2-1-3-5-11)18(24)23-9-13-14(10-23)21-22-17(13)15-6-7-16(27-15)19(25)26/h1-9,16H,10-12,22H2,(H,23,24);1-9,16H,10-12,21H2,(H,23,24)(H2,22,27,28);1-8,10,15H,9,11-12,20H2,(H,22,23);1-7,12H,8-10,20H2,(H,21,22)(H,25,26). The summed E-state index contributed by atoms with van der Waals surface area (Å²) in [6.45, 7) is 4.91. The monoisotopic (exact) mass is 1490 g/mol. The van der Waals surface area contributed by atoms with Gasteiger partial charge in [0.05, 0.1) is 126 Å². The summed E-state index contributed by atoms with van der Waals surface area (Å²) in [4.78, 5) is 75.7. The van der Waals surface area contributed by atoms with Crippen LogP contribution in [0.15, 0.2) is 211 Å². The van der Waals surface area contributed by atoms with E-state index in [4.69, 9.17) is 44.8 Å². The summed E-state index contributed by atoms with van der Waals surface area (Å²) in [7, 11) is -3.75. The van der Waals surface area contributed by atoms with Gasteiger partial charge in [0.2, 0.25) is 33.7 Å². The second kappa shape index (κ2) is 32.8. The molecule has 0 saturated heterocycles. The molecule has 0 fully saturated rings. The molecule has 6 aromatic heterocycles. The van der Waals surface area contributed by atoms with Crippen molar-refractivity contribution in [3.05, 3.63) is 284 Å². The van der Waals surface area contributed by atoms with E-state index in [1.165, 1.54) is 23.5 Å². The molecule has 0 bridgehead atoms. The lowest BCUT2D eigenvalue weighted by Gasteiger charge is -2.22. The van der Waals surface area contributed by atoms with E-state index >= 15 is 0 Å². The summed E-state index contributed by atoms with van der Waals surface area (Å²) in [5, 5.41) is 44.6. The summed E-state index contributed by atoms with van der Waals surface area (Å²) < 4.78 is 22.9. The number of aromatic nitrogens is 9. The first kappa shape index (κ1) is 73.7. The van der Waals surface area contributed by atoms with Crippen molar-refractivity contribution in [3.63, 3.8) is 0 Å². The minimum atomic E-state index is -3.75. The predicted octanol–water partition coefficient (Wildman–Crippen LogP) is 9.10. The number of benzene rings is 6. The molecule has 12 aromatic rings. The van der Waals surface area contributed by atoms with Crippen LogP contribution in [-0.4, -0.2) is 135 Å². The van der Waals surface area contributed by atoms with E-state index in [9.17, 15) is 32.4 Å². The molecule has 546 valence electrons. The number of nitrogens with zero attached hydrogens (tertiary/aromatic N) is 9. The number of fused-ring (bicyclic) bond motifs is 4. The number of hydrogen-bond donors (Lipinski definition) is 10. The number of aromatic amines is 4. The highest BCUT2D eigenvalue weighted by Crippen LogP contribution is 2.39. The van der Waals surface area contributed by atoms with Crippen LogP contribution in [0.4, 0.5) is 0 Å². The third-order valence-corrected chi connectivity index (χ3v) is 21.6. The number of hydrogen-bond acceptors (Lipinski definition) is 17. The van der Waals surface area contributed by atoms with Crippen molar-refractivity contribution in [2.24, 2.45) is 28.1 Å². The lowest BCUT2D eigenvalue weighted by atomic mass is 9.98. The fraction of sp³-hybridized carbons (Fsp3) is 0.205. The van der Waals surface area contributed by atoms with Gasteiger partial charge in [-0.2, -0.15) is 20.4 Å². The maximum atomic E-state index is 13.1. The van der Waals surface area contributed by atoms with Crippen LogP contribution in [0.25, 0.3) is 44.3 Å². The van der Waals surface area contributed by atoms with Gasteiger partial charge >= 0.3 is 5.97 Å². The molecule has 0 radical (unpaired) electrons.